The Kier molecular flexibility index (Phi) is 30.6. The highest BCUT2D eigenvalue weighted by Crippen LogP contribution is 2.14. The monoisotopic (exact) mass is 658 g/mol. The van der Waals surface area contributed by atoms with Gasteiger partial charge in [0.1, 0.15) is 13.2 Å². The van der Waals surface area contributed by atoms with Gasteiger partial charge in [-0.1, -0.05) is 11.8 Å². The van der Waals surface area contributed by atoms with Crippen molar-refractivity contribution in [3.8, 4) is 0 Å². The molecule has 0 saturated carbocycles. The van der Waals surface area contributed by atoms with Crippen LogP contribution < -0.4 is 10.6 Å². The summed E-state index contributed by atoms with van der Waals surface area (Å²) >= 11 is 8.28. The lowest BCUT2D eigenvalue weighted by atomic mass is 10.8. The van der Waals surface area contributed by atoms with E-state index in [9.17, 15) is 13.8 Å². The van der Waals surface area contributed by atoms with Crippen LogP contribution in [0.5, 0.6) is 0 Å². The van der Waals surface area contributed by atoms with Crippen LogP contribution in [0.25, 0.3) is 0 Å². The van der Waals surface area contributed by atoms with E-state index in [2.05, 4.69) is 20.6 Å². The molecule has 0 aliphatic heterocycles. The fourth-order valence-corrected chi connectivity index (χ4v) is 6.82. The summed E-state index contributed by atoms with van der Waals surface area (Å²) in [6, 6.07) is 0. The number of rotatable bonds is 25. The molecule has 0 aliphatic carbocycles. The van der Waals surface area contributed by atoms with Crippen molar-refractivity contribution in [2.45, 2.75) is 0 Å². The van der Waals surface area contributed by atoms with E-state index in [0.717, 1.165) is 17.5 Å². The normalized spacial score (nSPS) is 12.2. The molecule has 37 heavy (non-hydrogen) atoms. The summed E-state index contributed by atoms with van der Waals surface area (Å²) in [5.74, 6) is 4.13. The molecule has 2 amide bonds. The Bertz CT molecular complexity index is 653. The number of thioether (sulfide) groups is 6. The molecule has 0 bridgehead atoms. The molecule has 0 saturated heterocycles. The Morgan fingerprint density at radius 1 is 0.865 bits per heavy atom. The molecule has 1 atom stereocenters. The summed E-state index contributed by atoms with van der Waals surface area (Å²) < 4.78 is 16.8. The van der Waals surface area contributed by atoms with Crippen LogP contribution in [0.1, 0.15) is 0 Å². The van der Waals surface area contributed by atoms with Crippen molar-refractivity contribution in [2.75, 3.05) is 83.1 Å². The van der Waals surface area contributed by atoms with Crippen LogP contribution in [0.4, 0.5) is 9.59 Å². The minimum absolute atomic E-state index is 0.104. The van der Waals surface area contributed by atoms with Gasteiger partial charge < -0.3 is 30.5 Å². The standard InChI is InChI=1S/C18H34N4O8S7/c23-1-5-31-7-3-28-17(25)21-12-34-11-20-14-37(27)16-35-15-36-18(26)22-13-33-10-19-9-30-29-4-8-32-6-2-24/h9,14,23-24H,1-8,10-13,15-16H2,(H,21,25)(H,22,26). The molecule has 0 radical (unpaired) electrons. The van der Waals surface area contributed by atoms with Gasteiger partial charge in [0.2, 0.25) is 6.40 Å². The molecule has 0 aliphatic rings. The van der Waals surface area contributed by atoms with E-state index in [0.29, 0.717) is 57.5 Å². The van der Waals surface area contributed by atoms with Gasteiger partial charge in [-0.3, -0.25) is 14.0 Å². The zero-order valence-electron chi connectivity index (χ0n) is 20.2. The third kappa shape index (κ3) is 30.4. The summed E-state index contributed by atoms with van der Waals surface area (Å²) in [6.07, 6.45) is 0.697. The molecule has 12 nitrogen and oxygen atoms in total. The molecule has 0 fully saturated rings. The Morgan fingerprint density at radius 3 is 2.27 bits per heavy atom. The number of aliphatic hydroxyl groups is 2. The van der Waals surface area contributed by atoms with Crippen molar-refractivity contribution >= 4 is 105 Å². The van der Waals surface area contributed by atoms with E-state index in [-0.39, 0.29) is 25.1 Å². The van der Waals surface area contributed by atoms with E-state index in [4.69, 9.17) is 24.7 Å². The predicted molar refractivity (Wildman–Crippen MR) is 164 cm³/mol. The number of nitrogens with zero attached hydrogens (tertiary/aromatic N) is 2. The molecule has 0 aromatic rings. The molecule has 0 aromatic heterocycles. The number of hydrogen-bond acceptors (Lipinski definition) is 16. The number of ether oxygens (including phenoxy) is 1. The zero-order chi connectivity index (χ0) is 27.2. The molecular weight excluding hydrogens is 625 g/mol. The molecule has 0 aromatic carbocycles. The maximum absolute atomic E-state index is 11.9. The van der Waals surface area contributed by atoms with E-state index in [1.165, 1.54) is 59.0 Å². The number of nitrogens with one attached hydrogen (secondary N) is 2. The quantitative estimate of drug-likeness (QED) is 0.0282. The second-order valence-corrected chi connectivity index (χ2v) is 14.1. The predicted octanol–water partition coefficient (Wildman–Crippen LogP) is 2.30. The molecule has 216 valence electrons. The van der Waals surface area contributed by atoms with Crippen molar-refractivity contribution in [1.29, 1.82) is 0 Å². The highest BCUT2D eigenvalue weighted by molar-refractivity contribution is 8.27. The second kappa shape index (κ2) is 30.6. The first-order valence-electron chi connectivity index (χ1n) is 10.7. The minimum atomic E-state index is -1.24. The summed E-state index contributed by atoms with van der Waals surface area (Å²) in [6.45, 7) is 0.933. The molecule has 0 rings (SSSR count). The Labute approximate surface area is 245 Å². The summed E-state index contributed by atoms with van der Waals surface area (Å²) in [5.41, 5.74) is 1.36. The first kappa shape index (κ1) is 37.0. The van der Waals surface area contributed by atoms with Gasteiger partial charge in [0.15, 0.2) is 0 Å². The Hall–Kier alpha value is 0.01000. The number of aliphatic imine (C=N–C) groups is 2. The molecule has 0 heterocycles. The number of alkyl carbamates (subject to hydrolysis) is 1. The molecule has 4 N–H and O–H groups in total. The van der Waals surface area contributed by atoms with Gasteiger partial charge in [0.25, 0.3) is 5.24 Å². The van der Waals surface area contributed by atoms with E-state index in [1.807, 2.05) is 0 Å². The molecule has 19 heteroatoms. The summed E-state index contributed by atoms with van der Waals surface area (Å²) in [5, 5.41) is 23.2. The van der Waals surface area contributed by atoms with Crippen molar-refractivity contribution < 1.29 is 38.5 Å². The van der Waals surface area contributed by atoms with Gasteiger partial charge in [-0.2, -0.15) is 28.4 Å². The lowest BCUT2D eigenvalue weighted by Crippen LogP contribution is -2.24. The van der Waals surface area contributed by atoms with Crippen molar-refractivity contribution in [1.82, 2.24) is 10.6 Å². The highest BCUT2D eigenvalue weighted by Gasteiger charge is 2.03. The smallest absolute Gasteiger partial charge is 0.407 e. The average Bonchev–Trinajstić information content (AvgIpc) is 2.89. The van der Waals surface area contributed by atoms with Gasteiger partial charge in [-0.25, -0.2) is 9.79 Å². The number of carbonyl (C=O) groups is 2. The Morgan fingerprint density at radius 2 is 1.54 bits per heavy atom. The Balaban J connectivity index is 3.49. The molecule has 0 spiro atoms. The fraction of sp³-hybridized carbons (Fsp3) is 0.778. The fourth-order valence-electron chi connectivity index (χ4n) is 1.63. The second-order valence-electron chi connectivity index (χ2n) is 5.86. The van der Waals surface area contributed by atoms with Crippen LogP contribution in [0.3, 0.4) is 0 Å². The first-order valence-corrected chi connectivity index (χ1v) is 18.8. The molecular formula is C18H34N4O8S7. The van der Waals surface area contributed by atoms with E-state index >= 15 is 0 Å². The zero-order valence-corrected chi connectivity index (χ0v) is 25.9. The van der Waals surface area contributed by atoms with E-state index in [1.54, 1.807) is 11.8 Å². The lowest BCUT2D eigenvalue weighted by Gasteiger charge is -2.05. The van der Waals surface area contributed by atoms with Gasteiger partial charge in [-0.15, -0.1) is 35.3 Å². The first-order chi connectivity index (χ1) is 18.1. The SMILES string of the molecule is O=C(NCSCN=CS(=O)CSCSC(=O)NCSCN=COOCCSCCO)OCCSCCO. The number of amides is 2. The molecule has 1 unspecified atom stereocenters. The topological polar surface area (TPSA) is 168 Å². The van der Waals surface area contributed by atoms with Crippen LogP contribution in [0, 0.1) is 0 Å². The maximum atomic E-state index is 11.9. The van der Waals surface area contributed by atoms with Crippen LogP contribution in [-0.4, -0.2) is 121 Å². The van der Waals surface area contributed by atoms with Gasteiger partial charge in [0.05, 0.1) is 58.2 Å². The van der Waals surface area contributed by atoms with Crippen LogP contribution in [-0.2, 0) is 25.3 Å². The van der Waals surface area contributed by atoms with Crippen molar-refractivity contribution in [2.24, 2.45) is 9.98 Å². The maximum Gasteiger partial charge on any atom is 0.407 e. The van der Waals surface area contributed by atoms with Crippen LogP contribution in [0.15, 0.2) is 9.98 Å². The number of aliphatic hydroxyl groups excluding tert-OH is 2. The van der Waals surface area contributed by atoms with Gasteiger partial charge >= 0.3 is 6.09 Å². The van der Waals surface area contributed by atoms with Crippen molar-refractivity contribution in [3.05, 3.63) is 0 Å². The largest absolute Gasteiger partial charge is 0.449 e. The van der Waals surface area contributed by atoms with Gasteiger partial charge in [0, 0.05) is 28.1 Å². The van der Waals surface area contributed by atoms with Crippen molar-refractivity contribution in [3.63, 3.8) is 0 Å². The highest BCUT2D eigenvalue weighted by atomic mass is 32.2. The van der Waals surface area contributed by atoms with Crippen LogP contribution in [0.2, 0.25) is 0 Å². The average molecular weight is 659 g/mol. The third-order valence-electron chi connectivity index (χ3n) is 3.06. The minimum Gasteiger partial charge on any atom is -0.449 e. The lowest BCUT2D eigenvalue weighted by molar-refractivity contribution is -0.210. The summed E-state index contributed by atoms with van der Waals surface area (Å²) in [7, 11) is -1.24. The van der Waals surface area contributed by atoms with Gasteiger partial charge in [-0.05, 0) is 0 Å². The number of hydrogen-bond donors (Lipinski definition) is 4. The van der Waals surface area contributed by atoms with Crippen LogP contribution >= 0.6 is 70.6 Å². The number of carbonyl (C=O) groups excluding carboxylic acids is 2. The summed E-state index contributed by atoms with van der Waals surface area (Å²) in [4.78, 5) is 40.8. The third-order valence-corrected chi connectivity index (χ3v) is 9.80. The van der Waals surface area contributed by atoms with E-state index < -0.39 is 16.9 Å².